The molecule has 1 atom stereocenters. The predicted octanol–water partition coefficient (Wildman–Crippen LogP) is 1.71. The number of Topliss-reactive ketones (excluding diaryl/α,β-unsaturated/α-hetero) is 1. The fourth-order valence-electron chi connectivity index (χ4n) is 4.87. The number of rotatable bonds is 4. The third-order valence-corrected chi connectivity index (χ3v) is 6.73. The quantitative estimate of drug-likeness (QED) is 0.554. The predicted molar refractivity (Wildman–Crippen MR) is 137 cm³/mol. The molecule has 2 aromatic heterocycles. The van der Waals surface area contributed by atoms with Crippen LogP contribution < -0.4 is 21.9 Å². The monoisotopic (exact) mass is 488 g/mol. The zero-order valence-corrected chi connectivity index (χ0v) is 20.5. The molecule has 0 spiro atoms. The Morgan fingerprint density at radius 3 is 2.56 bits per heavy atom. The summed E-state index contributed by atoms with van der Waals surface area (Å²) in [4.78, 5) is 60.2. The van der Waals surface area contributed by atoms with Crippen LogP contribution in [0, 0.1) is 0 Å². The van der Waals surface area contributed by atoms with E-state index in [1.807, 2.05) is 24.8 Å². The van der Waals surface area contributed by atoms with Crippen molar-refractivity contribution >= 4 is 34.4 Å². The molecule has 0 saturated carbocycles. The molecule has 1 fully saturated rings. The van der Waals surface area contributed by atoms with Crippen molar-refractivity contribution in [2.45, 2.75) is 39.3 Å². The van der Waals surface area contributed by atoms with Crippen molar-refractivity contribution in [2.24, 2.45) is 12.8 Å². The summed E-state index contributed by atoms with van der Waals surface area (Å²) < 4.78 is 3.81. The Kier molecular flexibility index (Phi) is 5.83. The molecular formula is C26H28N6O4. The number of piperidine rings is 1. The van der Waals surface area contributed by atoms with E-state index in [4.69, 9.17) is 10.7 Å². The number of aromatic nitrogens is 4. The molecule has 36 heavy (non-hydrogen) atoms. The number of nitrogens with two attached hydrogens (primary N) is 1. The highest BCUT2D eigenvalue weighted by molar-refractivity contribution is 6.35. The normalized spacial score (nSPS) is 17.8. The molecule has 2 N–H and O–H groups in total. The molecule has 1 aliphatic carbocycles. The lowest BCUT2D eigenvalue weighted by atomic mass is 9.92. The van der Waals surface area contributed by atoms with Crippen molar-refractivity contribution in [3.05, 3.63) is 74.0 Å². The van der Waals surface area contributed by atoms with Crippen LogP contribution in [0.3, 0.4) is 0 Å². The van der Waals surface area contributed by atoms with Gasteiger partial charge >= 0.3 is 5.69 Å². The van der Waals surface area contributed by atoms with Gasteiger partial charge in [0.25, 0.3) is 5.56 Å². The second-order valence-electron chi connectivity index (χ2n) is 9.58. The lowest BCUT2D eigenvalue weighted by Gasteiger charge is -2.31. The van der Waals surface area contributed by atoms with Crippen molar-refractivity contribution < 1.29 is 9.59 Å². The Balaban J connectivity index is 1.78. The van der Waals surface area contributed by atoms with Crippen LogP contribution in [0.25, 0.3) is 16.9 Å². The number of benzene rings is 1. The number of carbonyl (C=O) groups excluding carboxylic acids is 2. The summed E-state index contributed by atoms with van der Waals surface area (Å²) in [5, 5.41) is 0. The largest absolute Gasteiger partial charge is 0.341 e. The highest BCUT2D eigenvalue weighted by atomic mass is 16.2. The molecule has 0 amide bonds. The van der Waals surface area contributed by atoms with Gasteiger partial charge in [-0.05, 0) is 26.7 Å². The van der Waals surface area contributed by atoms with Gasteiger partial charge in [-0.15, -0.1) is 0 Å². The van der Waals surface area contributed by atoms with Gasteiger partial charge in [-0.1, -0.05) is 35.9 Å². The SMILES string of the molecule is CC(C)=CCn1c(N2CCCC(N)C2)nc2c1c(=O)n(C1=CC(=O)c3ccccc3C1=O)c(=O)n2C. The molecule has 1 aliphatic heterocycles. The zero-order chi connectivity index (χ0) is 25.7. The first-order valence-corrected chi connectivity index (χ1v) is 11.9. The number of imidazole rings is 1. The Morgan fingerprint density at radius 2 is 1.86 bits per heavy atom. The van der Waals surface area contributed by atoms with E-state index in [1.54, 1.807) is 22.8 Å². The molecule has 1 saturated heterocycles. The van der Waals surface area contributed by atoms with Gasteiger partial charge in [0.2, 0.25) is 11.7 Å². The Hall–Kier alpha value is -4.05. The molecule has 0 bridgehead atoms. The third kappa shape index (κ3) is 3.74. The van der Waals surface area contributed by atoms with Crippen LogP contribution >= 0.6 is 0 Å². The molecule has 3 aromatic rings. The summed E-state index contributed by atoms with van der Waals surface area (Å²) in [6, 6.07) is 6.36. The van der Waals surface area contributed by atoms with E-state index in [-0.39, 0.29) is 34.0 Å². The van der Waals surface area contributed by atoms with Crippen molar-refractivity contribution in [2.75, 3.05) is 18.0 Å². The molecular weight excluding hydrogens is 460 g/mol. The van der Waals surface area contributed by atoms with Crippen molar-refractivity contribution in [3.63, 3.8) is 0 Å². The summed E-state index contributed by atoms with van der Waals surface area (Å²) in [5.74, 6) is -0.440. The molecule has 2 aliphatic rings. The maximum absolute atomic E-state index is 13.9. The number of allylic oxidation sites excluding steroid dienone is 4. The molecule has 0 radical (unpaired) electrons. The lowest BCUT2D eigenvalue weighted by Crippen LogP contribution is -2.44. The summed E-state index contributed by atoms with van der Waals surface area (Å²) in [6.07, 6.45) is 4.83. The van der Waals surface area contributed by atoms with Crippen molar-refractivity contribution in [1.29, 1.82) is 0 Å². The van der Waals surface area contributed by atoms with Gasteiger partial charge in [-0.3, -0.25) is 19.0 Å². The first kappa shape index (κ1) is 23.7. The van der Waals surface area contributed by atoms with Gasteiger partial charge in [0, 0.05) is 49.9 Å². The van der Waals surface area contributed by atoms with Crippen molar-refractivity contribution in [3.8, 4) is 0 Å². The van der Waals surface area contributed by atoms with E-state index in [9.17, 15) is 19.2 Å². The van der Waals surface area contributed by atoms with Crippen molar-refractivity contribution in [1.82, 2.24) is 18.7 Å². The van der Waals surface area contributed by atoms with Crippen LogP contribution in [-0.4, -0.2) is 49.4 Å². The van der Waals surface area contributed by atoms with E-state index in [2.05, 4.69) is 0 Å². The fraction of sp³-hybridized carbons (Fsp3) is 0.346. The van der Waals surface area contributed by atoms with E-state index >= 15 is 0 Å². The minimum atomic E-state index is -0.743. The number of fused-ring (bicyclic) bond motifs is 2. The van der Waals surface area contributed by atoms with E-state index < -0.39 is 22.8 Å². The number of carbonyl (C=O) groups is 2. The first-order chi connectivity index (χ1) is 17.2. The van der Waals surface area contributed by atoms with E-state index in [0.717, 1.165) is 35.6 Å². The second-order valence-corrected chi connectivity index (χ2v) is 9.58. The number of hydrogen-bond acceptors (Lipinski definition) is 7. The fourth-order valence-corrected chi connectivity index (χ4v) is 4.87. The van der Waals surface area contributed by atoms with Gasteiger partial charge in [0.05, 0.1) is 0 Å². The van der Waals surface area contributed by atoms with Crippen LogP contribution in [0.2, 0.25) is 0 Å². The van der Waals surface area contributed by atoms with Crippen LogP contribution in [0.4, 0.5) is 5.95 Å². The molecule has 5 rings (SSSR count). The molecule has 10 heteroatoms. The number of hydrogen-bond donors (Lipinski definition) is 1. The summed E-state index contributed by atoms with van der Waals surface area (Å²) >= 11 is 0. The van der Waals surface area contributed by atoms with Gasteiger partial charge in [0.1, 0.15) is 5.70 Å². The minimum absolute atomic E-state index is 0.0213. The molecule has 10 nitrogen and oxygen atoms in total. The highest BCUT2D eigenvalue weighted by Crippen LogP contribution is 2.25. The summed E-state index contributed by atoms with van der Waals surface area (Å²) in [7, 11) is 1.51. The average Bonchev–Trinajstić information content (AvgIpc) is 3.24. The zero-order valence-electron chi connectivity index (χ0n) is 20.5. The summed E-state index contributed by atoms with van der Waals surface area (Å²) in [5.41, 5.74) is 6.38. The van der Waals surface area contributed by atoms with Crippen LogP contribution in [0.15, 0.2) is 51.6 Å². The topological polar surface area (TPSA) is 125 Å². The first-order valence-electron chi connectivity index (χ1n) is 11.9. The molecule has 3 heterocycles. The highest BCUT2D eigenvalue weighted by Gasteiger charge is 2.31. The van der Waals surface area contributed by atoms with E-state index in [1.165, 1.54) is 17.7 Å². The number of nitrogens with zero attached hydrogens (tertiary/aromatic N) is 5. The van der Waals surface area contributed by atoms with Crippen LogP contribution in [0.1, 0.15) is 47.4 Å². The lowest BCUT2D eigenvalue weighted by molar-refractivity contribution is 0.0997. The maximum Gasteiger partial charge on any atom is 0.337 e. The Morgan fingerprint density at radius 1 is 1.14 bits per heavy atom. The summed E-state index contributed by atoms with van der Waals surface area (Å²) in [6.45, 7) is 5.57. The number of aryl methyl sites for hydroxylation is 1. The second kappa shape index (κ2) is 8.87. The van der Waals surface area contributed by atoms with Crippen LogP contribution in [0.5, 0.6) is 0 Å². The third-order valence-electron chi connectivity index (χ3n) is 6.73. The minimum Gasteiger partial charge on any atom is -0.341 e. The van der Waals surface area contributed by atoms with E-state index in [0.29, 0.717) is 19.0 Å². The molecule has 1 aromatic carbocycles. The Labute approximate surface area is 206 Å². The van der Waals surface area contributed by atoms with Gasteiger partial charge in [-0.2, -0.15) is 4.98 Å². The Bertz CT molecular complexity index is 1600. The smallest absolute Gasteiger partial charge is 0.337 e. The average molecular weight is 489 g/mol. The van der Waals surface area contributed by atoms with Gasteiger partial charge in [-0.25, -0.2) is 9.36 Å². The van der Waals surface area contributed by atoms with Gasteiger partial charge in [0.15, 0.2) is 16.9 Å². The molecule has 186 valence electrons. The van der Waals surface area contributed by atoms with Gasteiger partial charge < -0.3 is 15.2 Å². The maximum atomic E-state index is 13.9. The number of anilines is 1. The molecule has 1 unspecified atom stereocenters. The standard InChI is InChI=1S/C26H28N6O4/c1-15(2)10-12-31-21-23(28-25(31)30-11-6-7-16(27)14-30)29(3)26(36)32(24(21)35)19-13-20(33)17-8-4-5-9-18(17)22(19)34/h4-5,8-10,13,16H,6-7,11-12,14,27H2,1-3H3. The van der Waals surface area contributed by atoms with Crippen LogP contribution in [-0.2, 0) is 13.6 Å². The number of ketones is 2.